The molecule has 1 N–H and O–H groups in total. The van der Waals surface area contributed by atoms with Gasteiger partial charge >= 0.3 is 12.3 Å². The Hall–Kier alpha value is -3.75. The van der Waals surface area contributed by atoms with Crippen LogP contribution in [0.5, 0.6) is 5.75 Å². The molecule has 3 aromatic rings. The van der Waals surface area contributed by atoms with E-state index >= 15 is 0 Å². The number of aromatic nitrogens is 2. The zero-order chi connectivity index (χ0) is 22.4. The molecule has 0 radical (unpaired) electrons. The fraction of sp³-hybridized carbons (Fsp3) is 0.227. The van der Waals surface area contributed by atoms with Crippen LogP contribution in [0.2, 0.25) is 0 Å². The van der Waals surface area contributed by atoms with Crippen molar-refractivity contribution < 1.29 is 18.3 Å². The molecule has 31 heavy (non-hydrogen) atoms. The molecular formula is C22H21F2N3O4. The number of benzene rings is 2. The molecule has 3 rings (SSSR count). The molecule has 1 atom stereocenters. The predicted molar refractivity (Wildman–Crippen MR) is 110 cm³/mol. The molecule has 0 aliphatic carbocycles. The molecule has 0 bridgehead atoms. The van der Waals surface area contributed by atoms with Crippen molar-refractivity contribution in [2.75, 3.05) is 0 Å². The number of hydrogen-bond acceptors (Lipinski definition) is 4. The first-order valence-electron chi connectivity index (χ1n) is 9.52. The van der Waals surface area contributed by atoms with Gasteiger partial charge in [-0.1, -0.05) is 42.5 Å². The first-order chi connectivity index (χ1) is 14.8. The summed E-state index contributed by atoms with van der Waals surface area (Å²) in [5.74, 6) is -0.596. The lowest BCUT2D eigenvalue weighted by atomic mass is 10.1. The molecule has 1 aromatic heterocycles. The summed E-state index contributed by atoms with van der Waals surface area (Å²) in [6.45, 7) is -1.51. The third kappa shape index (κ3) is 5.88. The molecule has 2 aromatic carbocycles. The molecule has 9 heteroatoms. The van der Waals surface area contributed by atoms with E-state index in [1.165, 1.54) is 35.0 Å². The minimum Gasteiger partial charge on any atom is -0.435 e. The van der Waals surface area contributed by atoms with Gasteiger partial charge < -0.3 is 10.1 Å². The van der Waals surface area contributed by atoms with Crippen molar-refractivity contribution in [2.45, 2.75) is 32.7 Å². The average Bonchev–Trinajstić information content (AvgIpc) is 2.73. The number of carbonyl (C=O) groups is 1. The number of nitrogens with zero attached hydrogens (tertiary/aromatic N) is 2. The van der Waals surface area contributed by atoms with Gasteiger partial charge in [0, 0.05) is 12.3 Å². The van der Waals surface area contributed by atoms with Crippen LogP contribution in [0, 0.1) is 0 Å². The minimum atomic E-state index is -2.96. The van der Waals surface area contributed by atoms with Crippen LogP contribution in [0.25, 0.3) is 0 Å². The van der Waals surface area contributed by atoms with Crippen molar-refractivity contribution in [2.24, 2.45) is 0 Å². The Morgan fingerprint density at radius 3 is 2.52 bits per heavy atom. The van der Waals surface area contributed by atoms with Crippen LogP contribution in [0.1, 0.15) is 24.1 Å². The highest BCUT2D eigenvalue weighted by Crippen LogP contribution is 2.20. The Morgan fingerprint density at radius 1 is 1.06 bits per heavy atom. The summed E-state index contributed by atoms with van der Waals surface area (Å²) in [5.41, 5.74) is 0.211. The fourth-order valence-corrected chi connectivity index (χ4v) is 3.08. The van der Waals surface area contributed by atoms with E-state index in [0.29, 0.717) is 5.56 Å². The molecule has 7 nitrogen and oxygen atoms in total. The van der Waals surface area contributed by atoms with Gasteiger partial charge in [0.2, 0.25) is 5.91 Å². The Bertz CT molecular complexity index is 1160. The predicted octanol–water partition coefficient (Wildman–Crippen LogP) is 2.54. The highest BCUT2D eigenvalue weighted by molar-refractivity contribution is 5.76. The topological polar surface area (TPSA) is 82.3 Å². The molecule has 0 saturated heterocycles. The van der Waals surface area contributed by atoms with E-state index < -0.39 is 36.4 Å². The van der Waals surface area contributed by atoms with E-state index in [9.17, 15) is 23.2 Å². The van der Waals surface area contributed by atoms with E-state index in [1.807, 2.05) is 30.3 Å². The quantitative estimate of drug-likeness (QED) is 0.597. The van der Waals surface area contributed by atoms with Crippen LogP contribution in [0.15, 0.2) is 76.4 Å². The van der Waals surface area contributed by atoms with Gasteiger partial charge in [-0.15, -0.1) is 0 Å². The van der Waals surface area contributed by atoms with E-state index in [-0.39, 0.29) is 12.3 Å². The Balaban J connectivity index is 1.72. The first-order valence-corrected chi connectivity index (χ1v) is 9.52. The second kappa shape index (κ2) is 9.84. The Labute approximate surface area is 176 Å². The number of carbonyl (C=O) groups excluding carboxylic acids is 1. The monoisotopic (exact) mass is 429 g/mol. The third-order valence-electron chi connectivity index (χ3n) is 4.60. The maximum atomic E-state index is 12.7. The lowest BCUT2D eigenvalue weighted by Crippen LogP contribution is -2.43. The Morgan fingerprint density at radius 2 is 1.81 bits per heavy atom. The highest BCUT2D eigenvalue weighted by atomic mass is 19.3. The second-order valence-electron chi connectivity index (χ2n) is 6.88. The molecule has 162 valence electrons. The molecule has 0 saturated carbocycles. The van der Waals surface area contributed by atoms with Crippen molar-refractivity contribution in [3.63, 3.8) is 0 Å². The van der Waals surface area contributed by atoms with Crippen molar-refractivity contribution in [3.05, 3.63) is 98.8 Å². The number of hydrogen-bond donors (Lipinski definition) is 1. The van der Waals surface area contributed by atoms with Crippen LogP contribution < -0.4 is 21.3 Å². The van der Waals surface area contributed by atoms with Gasteiger partial charge in [0.1, 0.15) is 12.3 Å². The zero-order valence-corrected chi connectivity index (χ0v) is 16.7. The van der Waals surface area contributed by atoms with Gasteiger partial charge in [-0.3, -0.25) is 18.7 Å². The summed E-state index contributed by atoms with van der Waals surface area (Å²) >= 11 is 0. The summed E-state index contributed by atoms with van der Waals surface area (Å²) < 4.78 is 31.3. The number of alkyl halides is 2. The summed E-state index contributed by atoms with van der Waals surface area (Å²) in [6.07, 6.45) is 1.39. The maximum Gasteiger partial charge on any atom is 0.387 e. The summed E-state index contributed by atoms with van der Waals surface area (Å²) in [6, 6.07) is 15.8. The van der Waals surface area contributed by atoms with Gasteiger partial charge in [0.25, 0.3) is 5.56 Å². The third-order valence-corrected chi connectivity index (χ3v) is 4.60. The van der Waals surface area contributed by atoms with Crippen LogP contribution in [0.4, 0.5) is 8.78 Å². The molecule has 0 fully saturated rings. The molecule has 1 amide bonds. The Kier molecular flexibility index (Phi) is 6.96. The highest BCUT2D eigenvalue weighted by Gasteiger charge is 2.15. The lowest BCUT2D eigenvalue weighted by Gasteiger charge is -2.16. The molecule has 0 spiro atoms. The lowest BCUT2D eigenvalue weighted by molar-refractivity contribution is -0.122. The number of ether oxygens (including phenoxy) is 1. The van der Waals surface area contributed by atoms with Crippen LogP contribution in [-0.4, -0.2) is 21.7 Å². The van der Waals surface area contributed by atoms with Crippen molar-refractivity contribution in [1.82, 2.24) is 14.5 Å². The van der Waals surface area contributed by atoms with Gasteiger partial charge in [-0.05, 0) is 30.2 Å². The molecular weight excluding hydrogens is 408 g/mol. The van der Waals surface area contributed by atoms with Gasteiger partial charge in [0.05, 0.1) is 12.6 Å². The molecule has 1 unspecified atom stereocenters. The number of amides is 1. The van der Waals surface area contributed by atoms with Crippen molar-refractivity contribution in [1.29, 1.82) is 0 Å². The molecule has 1 heterocycles. The summed E-state index contributed by atoms with van der Waals surface area (Å²) in [4.78, 5) is 37.3. The summed E-state index contributed by atoms with van der Waals surface area (Å²) in [5, 5.41) is 2.66. The number of rotatable bonds is 8. The zero-order valence-electron chi connectivity index (χ0n) is 16.7. The average molecular weight is 429 g/mol. The van der Waals surface area contributed by atoms with E-state index in [2.05, 4.69) is 10.1 Å². The fourth-order valence-electron chi connectivity index (χ4n) is 3.08. The van der Waals surface area contributed by atoms with Gasteiger partial charge in [0.15, 0.2) is 0 Å². The van der Waals surface area contributed by atoms with Crippen LogP contribution in [0.3, 0.4) is 0 Å². The number of nitrogens with one attached hydrogen (secondary N) is 1. The maximum absolute atomic E-state index is 12.7. The normalized spacial score (nSPS) is 11.9. The molecule has 0 aliphatic heterocycles. The summed E-state index contributed by atoms with van der Waals surface area (Å²) in [7, 11) is 0. The van der Waals surface area contributed by atoms with Crippen LogP contribution in [-0.2, 0) is 17.9 Å². The second-order valence-corrected chi connectivity index (χ2v) is 6.88. The largest absolute Gasteiger partial charge is 0.435 e. The van der Waals surface area contributed by atoms with E-state index in [0.717, 1.165) is 10.1 Å². The van der Waals surface area contributed by atoms with Gasteiger partial charge in [-0.25, -0.2) is 4.79 Å². The SMILES string of the molecule is CC(NC(=O)Cn1c(=O)ccn(Cc2ccccc2)c1=O)c1cccc(OC(F)F)c1. The molecule has 0 aliphatic rings. The van der Waals surface area contributed by atoms with Crippen molar-refractivity contribution >= 4 is 5.91 Å². The van der Waals surface area contributed by atoms with E-state index in [4.69, 9.17) is 0 Å². The standard InChI is InChI=1S/C22H21F2N3O4/c1-15(17-8-5-9-18(12-17)31-21(23)24)25-19(28)14-27-20(29)10-11-26(22(27)30)13-16-6-3-2-4-7-16/h2-12,15,21H,13-14H2,1H3,(H,25,28). The minimum absolute atomic E-state index is 0.0309. The number of halogens is 2. The van der Waals surface area contributed by atoms with E-state index in [1.54, 1.807) is 13.0 Å². The first kappa shape index (κ1) is 21.9. The van der Waals surface area contributed by atoms with Gasteiger partial charge in [-0.2, -0.15) is 8.78 Å². The smallest absolute Gasteiger partial charge is 0.387 e. The van der Waals surface area contributed by atoms with Crippen LogP contribution >= 0.6 is 0 Å². The van der Waals surface area contributed by atoms with Crippen molar-refractivity contribution in [3.8, 4) is 5.75 Å².